The number of benzene rings is 1. The number of amides is 1. The minimum Gasteiger partial charge on any atom is -0.466 e. The van der Waals surface area contributed by atoms with E-state index in [0.29, 0.717) is 34.4 Å². The molecule has 1 N–H and O–H groups in total. The average Bonchev–Trinajstić information content (AvgIpc) is 3.19. The molecule has 28 heavy (non-hydrogen) atoms. The molecule has 1 aromatic carbocycles. The molecule has 0 aliphatic rings. The molecule has 2 heterocycles. The number of carbonyl (C=O) groups is 2. The summed E-state index contributed by atoms with van der Waals surface area (Å²) in [4.78, 5) is 28.5. The van der Waals surface area contributed by atoms with Gasteiger partial charge in [-0.25, -0.2) is 9.37 Å². The lowest BCUT2D eigenvalue weighted by atomic mass is 10.2. The summed E-state index contributed by atoms with van der Waals surface area (Å²) in [5.74, 6) is -1.06. The van der Waals surface area contributed by atoms with Gasteiger partial charge in [-0.3, -0.25) is 14.9 Å². The van der Waals surface area contributed by atoms with Gasteiger partial charge >= 0.3 is 5.97 Å². The number of ether oxygens (including phenoxy) is 1. The standard InChI is InChI=1S/C20H20FN3O3S/c1-4-27-18(25)10-14-11-28-20(22-14)23-19(26)15-9-12(2)24(13(15)3)17-8-6-5-7-16(17)21/h5-9,11H,4,10H2,1-3H3,(H,22,23,26). The van der Waals surface area contributed by atoms with Crippen molar-refractivity contribution in [1.82, 2.24) is 9.55 Å². The summed E-state index contributed by atoms with van der Waals surface area (Å²) in [5, 5.41) is 4.83. The summed E-state index contributed by atoms with van der Waals surface area (Å²) in [6.45, 7) is 5.63. The highest BCUT2D eigenvalue weighted by Crippen LogP contribution is 2.24. The first-order chi connectivity index (χ1) is 13.4. The zero-order valence-corrected chi connectivity index (χ0v) is 16.6. The van der Waals surface area contributed by atoms with Crippen LogP contribution in [0.2, 0.25) is 0 Å². The van der Waals surface area contributed by atoms with Crippen LogP contribution in [0.15, 0.2) is 35.7 Å². The summed E-state index contributed by atoms with van der Waals surface area (Å²) in [5.41, 5.74) is 2.74. The van der Waals surface area contributed by atoms with E-state index in [4.69, 9.17) is 4.74 Å². The topological polar surface area (TPSA) is 73.2 Å². The lowest BCUT2D eigenvalue weighted by Crippen LogP contribution is -2.13. The minimum atomic E-state index is -0.362. The number of nitrogens with zero attached hydrogens (tertiary/aromatic N) is 2. The Morgan fingerprint density at radius 3 is 2.75 bits per heavy atom. The molecule has 0 atom stereocenters. The summed E-state index contributed by atoms with van der Waals surface area (Å²) in [7, 11) is 0. The van der Waals surface area contributed by atoms with Crippen molar-refractivity contribution >= 4 is 28.3 Å². The zero-order chi connectivity index (χ0) is 20.3. The molecule has 0 spiro atoms. The Bertz CT molecular complexity index is 1030. The summed E-state index contributed by atoms with van der Waals surface area (Å²) in [6, 6.07) is 8.13. The van der Waals surface area contributed by atoms with Crippen molar-refractivity contribution in [3.05, 3.63) is 64.2 Å². The second-order valence-corrected chi connectivity index (χ2v) is 7.01. The van der Waals surface area contributed by atoms with Crippen molar-refractivity contribution in [1.29, 1.82) is 0 Å². The maximum Gasteiger partial charge on any atom is 0.311 e. The van der Waals surface area contributed by atoms with Gasteiger partial charge in [0.1, 0.15) is 5.82 Å². The van der Waals surface area contributed by atoms with Gasteiger partial charge in [-0.2, -0.15) is 0 Å². The quantitative estimate of drug-likeness (QED) is 0.633. The highest BCUT2D eigenvalue weighted by molar-refractivity contribution is 7.14. The number of hydrogen-bond donors (Lipinski definition) is 1. The number of carbonyl (C=O) groups excluding carboxylic acids is 2. The van der Waals surface area contributed by atoms with Crippen LogP contribution in [0, 0.1) is 19.7 Å². The van der Waals surface area contributed by atoms with Gasteiger partial charge in [0, 0.05) is 16.8 Å². The largest absolute Gasteiger partial charge is 0.466 e. The predicted octanol–water partition coefficient (Wildman–Crippen LogP) is 4.05. The molecule has 6 nitrogen and oxygen atoms in total. The van der Waals surface area contributed by atoms with Gasteiger partial charge in [-0.15, -0.1) is 11.3 Å². The molecule has 3 rings (SSSR count). The first kappa shape index (κ1) is 19.8. The molecule has 0 radical (unpaired) electrons. The Labute approximate surface area is 166 Å². The van der Waals surface area contributed by atoms with Crippen LogP contribution in [0.1, 0.15) is 34.4 Å². The molecule has 8 heteroatoms. The van der Waals surface area contributed by atoms with Crippen LogP contribution >= 0.6 is 11.3 Å². The van der Waals surface area contributed by atoms with Crippen molar-refractivity contribution in [3.8, 4) is 5.69 Å². The molecule has 0 aliphatic carbocycles. The van der Waals surface area contributed by atoms with E-state index in [1.54, 1.807) is 48.1 Å². The van der Waals surface area contributed by atoms with Gasteiger partial charge in [0.2, 0.25) is 0 Å². The van der Waals surface area contributed by atoms with Gasteiger partial charge in [-0.1, -0.05) is 12.1 Å². The van der Waals surface area contributed by atoms with Gasteiger partial charge in [0.25, 0.3) is 5.91 Å². The zero-order valence-electron chi connectivity index (χ0n) is 15.8. The fourth-order valence-corrected chi connectivity index (χ4v) is 3.67. The highest BCUT2D eigenvalue weighted by Gasteiger charge is 2.19. The Kier molecular flexibility index (Phi) is 5.89. The lowest BCUT2D eigenvalue weighted by Gasteiger charge is -2.10. The van der Waals surface area contributed by atoms with Crippen LogP contribution in [-0.2, 0) is 16.0 Å². The van der Waals surface area contributed by atoms with E-state index in [2.05, 4.69) is 10.3 Å². The van der Waals surface area contributed by atoms with Crippen LogP contribution in [0.4, 0.5) is 9.52 Å². The average molecular weight is 401 g/mol. The van der Waals surface area contributed by atoms with E-state index < -0.39 is 0 Å². The van der Waals surface area contributed by atoms with Crippen molar-refractivity contribution in [2.45, 2.75) is 27.2 Å². The molecule has 0 bridgehead atoms. The number of aryl methyl sites for hydroxylation is 1. The number of anilines is 1. The molecular weight excluding hydrogens is 381 g/mol. The number of aromatic nitrogens is 2. The second kappa shape index (κ2) is 8.35. The van der Waals surface area contributed by atoms with Crippen LogP contribution in [0.25, 0.3) is 5.69 Å². The number of para-hydroxylation sites is 1. The summed E-state index contributed by atoms with van der Waals surface area (Å²) < 4.78 is 20.8. The SMILES string of the molecule is CCOC(=O)Cc1csc(NC(=O)c2cc(C)n(-c3ccccc3F)c2C)n1. The fraction of sp³-hybridized carbons (Fsp3) is 0.250. The van der Waals surface area contributed by atoms with Crippen molar-refractivity contribution in [2.24, 2.45) is 0 Å². The molecule has 0 saturated heterocycles. The molecule has 2 aromatic heterocycles. The van der Waals surface area contributed by atoms with E-state index in [1.165, 1.54) is 17.4 Å². The number of hydrogen-bond acceptors (Lipinski definition) is 5. The van der Waals surface area contributed by atoms with Crippen LogP contribution in [0.5, 0.6) is 0 Å². The fourth-order valence-electron chi connectivity index (χ4n) is 2.97. The lowest BCUT2D eigenvalue weighted by molar-refractivity contribution is -0.142. The van der Waals surface area contributed by atoms with Gasteiger partial charge < -0.3 is 9.30 Å². The number of esters is 1. The first-order valence-corrected chi connectivity index (χ1v) is 9.64. The normalized spacial score (nSPS) is 10.7. The van der Waals surface area contributed by atoms with Crippen LogP contribution in [-0.4, -0.2) is 28.0 Å². The summed E-state index contributed by atoms with van der Waals surface area (Å²) in [6.07, 6.45) is 0.0575. The molecule has 0 aliphatic heterocycles. The van der Waals surface area contributed by atoms with Crippen molar-refractivity contribution in [3.63, 3.8) is 0 Å². The molecule has 0 saturated carbocycles. The Balaban J connectivity index is 1.79. The van der Waals surface area contributed by atoms with Gasteiger partial charge in [-0.05, 0) is 39.0 Å². The maximum absolute atomic E-state index is 14.2. The Hall–Kier alpha value is -3.00. The predicted molar refractivity (Wildman–Crippen MR) is 106 cm³/mol. The third-order valence-corrected chi connectivity index (χ3v) is 4.98. The van der Waals surface area contributed by atoms with Crippen molar-refractivity contribution < 1.29 is 18.7 Å². The molecule has 0 unspecified atom stereocenters. The Morgan fingerprint density at radius 2 is 2.04 bits per heavy atom. The van der Waals surface area contributed by atoms with Crippen LogP contribution in [0.3, 0.4) is 0 Å². The van der Waals surface area contributed by atoms with E-state index in [9.17, 15) is 14.0 Å². The number of nitrogens with one attached hydrogen (secondary N) is 1. The first-order valence-electron chi connectivity index (χ1n) is 8.76. The third kappa shape index (κ3) is 4.12. The second-order valence-electron chi connectivity index (χ2n) is 6.15. The summed E-state index contributed by atoms with van der Waals surface area (Å²) >= 11 is 1.23. The number of halogens is 1. The van der Waals surface area contributed by atoms with Crippen LogP contribution < -0.4 is 5.32 Å². The molecular formula is C20H20FN3O3S. The highest BCUT2D eigenvalue weighted by atomic mass is 32.1. The Morgan fingerprint density at radius 1 is 1.29 bits per heavy atom. The molecule has 1 amide bonds. The minimum absolute atomic E-state index is 0.0575. The monoisotopic (exact) mass is 401 g/mol. The van der Waals surface area contributed by atoms with Gasteiger partial charge in [0.15, 0.2) is 5.13 Å². The smallest absolute Gasteiger partial charge is 0.311 e. The third-order valence-electron chi connectivity index (χ3n) is 4.17. The molecule has 146 valence electrons. The van der Waals surface area contributed by atoms with E-state index in [0.717, 1.165) is 5.69 Å². The molecule has 0 fully saturated rings. The van der Waals surface area contributed by atoms with Crippen molar-refractivity contribution in [2.75, 3.05) is 11.9 Å². The van der Waals surface area contributed by atoms with Gasteiger partial charge in [0.05, 0.1) is 30.0 Å². The number of thiazole rings is 1. The van der Waals surface area contributed by atoms with E-state index in [-0.39, 0.29) is 24.1 Å². The van der Waals surface area contributed by atoms with E-state index in [1.807, 2.05) is 6.92 Å². The molecule has 3 aromatic rings. The van der Waals surface area contributed by atoms with E-state index >= 15 is 0 Å². The maximum atomic E-state index is 14.2. The number of rotatable bonds is 6.